The number of pyridine rings is 1. The molecule has 0 spiro atoms. The summed E-state index contributed by atoms with van der Waals surface area (Å²) in [5, 5.41) is 9.22. The zero-order chi connectivity index (χ0) is 13.7. The summed E-state index contributed by atoms with van der Waals surface area (Å²) >= 11 is 3.31. The number of hydrogen-bond acceptors (Lipinski definition) is 3. The smallest absolute Gasteiger partial charge is 0.326 e. The van der Waals surface area contributed by atoms with Crippen LogP contribution in [0.5, 0.6) is 0 Å². The van der Waals surface area contributed by atoms with E-state index < -0.39 is 12.0 Å². The molecule has 0 unspecified atom stereocenters. The van der Waals surface area contributed by atoms with Gasteiger partial charge in [-0.1, -0.05) is 0 Å². The fourth-order valence-corrected chi connectivity index (χ4v) is 3.20. The van der Waals surface area contributed by atoms with Crippen molar-refractivity contribution >= 4 is 27.8 Å². The second-order valence-corrected chi connectivity index (χ2v) is 6.03. The Labute approximate surface area is 118 Å². The highest BCUT2D eigenvalue weighted by molar-refractivity contribution is 9.10. The van der Waals surface area contributed by atoms with Crippen molar-refractivity contribution in [2.75, 3.05) is 0 Å². The van der Waals surface area contributed by atoms with Crippen molar-refractivity contribution in [2.24, 2.45) is 5.92 Å². The lowest BCUT2D eigenvalue weighted by atomic mass is 10.1. The predicted molar refractivity (Wildman–Crippen MR) is 70.8 cm³/mol. The highest BCUT2D eigenvalue weighted by Crippen LogP contribution is 2.48. The summed E-state index contributed by atoms with van der Waals surface area (Å²) in [5.74, 6) is -0.760. The van der Waals surface area contributed by atoms with Gasteiger partial charge < -0.3 is 10.0 Å². The van der Waals surface area contributed by atoms with E-state index in [2.05, 4.69) is 20.9 Å². The molecule has 1 N–H and O–H groups in total. The molecule has 2 fully saturated rings. The number of aryl methyl sites for hydroxylation is 1. The Hall–Kier alpha value is -1.43. The van der Waals surface area contributed by atoms with Gasteiger partial charge in [0.15, 0.2) is 0 Å². The number of carbonyl (C=O) groups excluding carboxylic acids is 1. The maximum atomic E-state index is 12.6. The topological polar surface area (TPSA) is 70.5 Å². The fraction of sp³-hybridized carbons (Fsp3) is 0.462. The third-order valence-electron chi connectivity index (χ3n) is 3.85. The molecule has 1 saturated carbocycles. The van der Waals surface area contributed by atoms with Gasteiger partial charge in [-0.25, -0.2) is 4.79 Å². The molecule has 6 heteroatoms. The van der Waals surface area contributed by atoms with Gasteiger partial charge in [-0.3, -0.25) is 9.78 Å². The van der Waals surface area contributed by atoms with Gasteiger partial charge in [0, 0.05) is 22.4 Å². The number of hydrogen-bond donors (Lipinski definition) is 1. The highest BCUT2D eigenvalue weighted by atomic mass is 79.9. The van der Waals surface area contributed by atoms with Gasteiger partial charge >= 0.3 is 5.97 Å². The monoisotopic (exact) mass is 324 g/mol. The molecule has 19 heavy (non-hydrogen) atoms. The van der Waals surface area contributed by atoms with Crippen LogP contribution in [0.4, 0.5) is 0 Å². The number of halogens is 1. The van der Waals surface area contributed by atoms with E-state index in [0.717, 1.165) is 12.1 Å². The first-order valence-electron chi connectivity index (χ1n) is 6.16. The SMILES string of the molecule is Cc1cc(C(=O)N2[C@@H](C(=O)O)C[C@H]3C[C@H]32)c(Br)cn1. The van der Waals surface area contributed by atoms with Gasteiger partial charge in [0.25, 0.3) is 5.91 Å². The molecule has 1 aliphatic heterocycles. The van der Waals surface area contributed by atoms with Crippen molar-refractivity contribution in [1.82, 2.24) is 9.88 Å². The van der Waals surface area contributed by atoms with Crippen LogP contribution in [0.3, 0.4) is 0 Å². The average molecular weight is 325 g/mol. The van der Waals surface area contributed by atoms with Gasteiger partial charge in [0.1, 0.15) is 6.04 Å². The largest absolute Gasteiger partial charge is 0.480 e. The summed E-state index contributed by atoms with van der Waals surface area (Å²) in [6.45, 7) is 1.81. The van der Waals surface area contributed by atoms with Crippen LogP contribution in [0.2, 0.25) is 0 Å². The maximum Gasteiger partial charge on any atom is 0.326 e. The molecule has 2 aliphatic rings. The molecule has 0 bridgehead atoms. The van der Waals surface area contributed by atoms with Crippen LogP contribution in [-0.2, 0) is 4.79 Å². The Balaban J connectivity index is 1.94. The molecule has 1 saturated heterocycles. The van der Waals surface area contributed by atoms with E-state index in [1.54, 1.807) is 12.3 Å². The van der Waals surface area contributed by atoms with Crippen molar-refractivity contribution < 1.29 is 14.7 Å². The Morgan fingerprint density at radius 1 is 1.47 bits per heavy atom. The molecule has 1 aromatic heterocycles. The van der Waals surface area contributed by atoms with E-state index in [-0.39, 0.29) is 11.9 Å². The van der Waals surface area contributed by atoms with Crippen LogP contribution in [0.25, 0.3) is 0 Å². The molecule has 3 rings (SSSR count). The van der Waals surface area contributed by atoms with Gasteiger partial charge in [0.05, 0.1) is 5.56 Å². The van der Waals surface area contributed by atoms with E-state index in [0.29, 0.717) is 22.4 Å². The maximum absolute atomic E-state index is 12.6. The number of rotatable bonds is 2. The minimum atomic E-state index is -0.914. The summed E-state index contributed by atoms with van der Waals surface area (Å²) in [4.78, 5) is 29.5. The molecule has 100 valence electrons. The van der Waals surface area contributed by atoms with Gasteiger partial charge in [-0.2, -0.15) is 0 Å². The number of aromatic nitrogens is 1. The van der Waals surface area contributed by atoms with E-state index in [9.17, 15) is 14.7 Å². The second kappa shape index (κ2) is 4.30. The van der Waals surface area contributed by atoms with Crippen molar-refractivity contribution in [2.45, 2.75) is 31.8 Å². The molecule has 1 amide bonds. The number of piperidine rings is 1. The molecule has 0 radical (unpaired) electrons. The average Bonchev–Trinajstić information content (AvgIpc) is 3.02. The zero-order valence-corrected chi connectivity index (χ0v) is 11.9. The number of likely N-dealkylation sites (tertiary alicyclic amines) is 1. The number of fused-ring (bicyclic) bond motifs is 1. The Kier molecular flexibility index (Phi) is 2.85. The number of carboxylic acids is 1. The van der Waals surface area contributed by atoms with Crippen molar-refractivity contribution in [1.29, 1.82) is 0 Å². The lowest BCUT2D eigenvalue weighted by Gasteiger charge is -2.25. The normalized spacial score (nSPS) is 28.1. The molecule has 1 aromatic rings. The molecule has 2 heterocycles. The third-order valence-corrected chi connectivity index (χ3v) is 4.48. The van der Waals surface area contributed by atoms with Gasteiger partial charge in [0.2, 0.25) is 0 Å². The Morgan fingerprint density at radius 3 is 2.89 bits per heavy atom. The van der Waals surface area contributed by atoms with E-state index in [1.165, 1.54) is 4.90 Å². The number of carboxylic acid groups (broad SMARTS) is 1. The van der Waals surface area contributed by atoms with Crippen LogP contribution in [0.1, 0.15) is 28.9 Å². The van der Waals surface area contributed by atoms with E-state index >= 15 is 0 Å². The van der Waals surface area contributed by atoms with Crippen LogP contribution in [-0.4, -0.2) is 39.0 Å². The van der Waals surface area contributed by atoms with Crippen molar-refractivity contribution in [3.05, 3.63) is 28.0 Å². The first kappa shape index (κ1) is 12.6. The summed E-state index contributed by atoms with van der Waals surface area (Å²) < 4.78 is 0.608. The summed E-state index contributed by atoms with van der Waals surface area (Å²) in [6.07, 6.45) is 3.09. The minimum Gasteiger partial charge on any atom is -0.480 e. The number of nitrogens with zero attached hydrogens (tertiary/aromatic N) is 2. The summed E-state index contributed by atoms with van der Waals surface area (Å²) in [5.41, 5.74) is 1.23. The molecular weight excluding hydrogens is 312 g/mol. The quantitative estimate of drug-likeness (QED) is 0.901. The number of aliphatic carboxylic acids is 1. The Morgan fingerprint density at radius 2 is 2.21 bits per heavy atom. The first-order chi connectivity index (χ1) is 8.99. The van der Waals surface area contributed by atoms with Crippen LogP contribution >= 0.6 is 15.9 Å². The van der Waals surface area contributed by atoms with Crippen LogP contribution in [0, 0.1) is 12.8 Å². The van der Waals surface area contributed by atoms with E-state index in [1.807, 2.05) is 6.92 Å². The molecule has 5 nitrogen and oxygen atoms in total. The standard InChI is InChI=1S/C13H13BrN2O3/c1-6-2-8(9(14)5-15-6)12(17)16-10-3-7(10)4-11(16)13(18)19/h2,5,7,10-11H,3-4H2,1H3,(H,18,19)/t7-,10-,11-/m1/s1. The number of carbonyl (C=O) groups is 2. The van der Waals surface area contributed by atoms with Crippen LogP contribution in [0.15, 0.2) is 16.7 Å². The molecule has 0 aromatic carbocycles. The lowest BCUT2D eigenvalue weighted by Crippen LogP contribution is -2.43. The summed E-state index contributed by atoms with van der Waals surface area (Å²) in [7, 11) is 0. The first-order valence-corrected chi connectivity index (χ1v) is 6.96. The van der Waals surface area contributed by atoms with Gasteiger partial charge in [-0.15, -0.1) is 0 Å². The molecular formula is C13H13BrN2O3. The zero-order valence-electron chi connectivity index (χ0n) is 10.3. The predicted octanol–water partition coefficient (Wildman–Crippen LogP) is 1.84. The number of amides is 1. The van der Waals surface area contributed by atoms with Gasteiger partial charge in [-0.05, 0) is 47.7 Å². The van der Waals surface area contributed by atoms with E-state index in [4.69, 9.17) is 0 Å². The fourth-order valence-electron chi connectivity index (χ4n) is 2.82. The van der Waals surface area contributed by atoms with Crippen molar-refractivity contribution in [3.8, 4) is 0 Å². The van der Waals surface area contributed by atoms with Crippen LogP contribution < -0.4 is 0 Å². The second-order valence-electron chi connectivity index (χ2n) is 5.17. The third kappa shape index (κ3) is 2.04. The summed E-state index contributed by atoms with van der Waals surface area (Å²) in [6, 6.07) is 1.12. The highest BCUT2D eigenvalue weighted by Gasteiger charge is 2.56. The lowest BCUT2D eigenvalue weighted by molar-refractivity contribution is -0.141. The van der Waals surface area contributed by atoms with Crippen molar-refractivity contribution in [3.63, 3.8) is 0 Å². The molecule has 3 atom stereocenters. The Bertz CT molecular complexity index is 575. The minimum absolute atomic E-state index is 0.106. The molecule has 1 aliphatic carbocycles.